The van der Waals surface area contributed by atoms with Gasteiger partial charge in [0.1, 0.15) is 0 Å². The molecule has 1 N–H and O–H groups in total. The van der Waals surface area contributed by atoms with E-state index in [4.69, 9.17) is 0 Å². The molecule has 6 heteroatoms. The normalized spacial score (nSPS) is 15.9. The van der Waals surface area contributed by atoms with Crippen molar-refractivity contribution in [3.8, 4) is 0 Å². The number of hydrogen-bond acceptors (Lipinski definition) is 3. The molecule has 2 amide bonds. The van der Waals surface area contributed by atoms with Crippen LogP contribution in [0.5, 0.6) is 0 Å². The molecule has 0 aromatic carbocycles. The Kier molecular flexibility index (Phi) is 4.19. The lowest BCUT2D eigenvalue weighted by atomic mass is 10.1. The minimum Gasteiger partial charge on any atom is -0.333 e. The molecular weight excluding hydrogens is 244 g/mol. The van der Waals surface area contributed by atoms with Gasteiger partial charge in [-0.05, 0) is 26.7 Å². The third kappa shape index (κ3) is 3.56. The van der Waals surface area contributed by atoms with Crippen LogP contribution in [0.3, 0.4) is 0 Å². The lowest BCUT2D eigenvalue weighted by molar-refractivity contribution is -0.136. The largest absolute Gasteiger partial charge is 0.333 e. The Hall–Kier alpha value is -1.85. The lowest BCUT2D eigenvalue weighted by Crippen LogP contribution is -2.40. The van der Waals surface area contributed by atoms with Gasteiger partial charge in [0.2, 0.25) is 11.8 Å². The van der Waals surface area contributed by atoms with Gasteiger partial charge < -0.3 is 10.2 Å². The number of nitrogens with one attached hydrogen (secondary N) is 1. The molecule has 0 bridgehead atoms. The van der Waals surface area contributed by atoms with Crippen LogP contribution in [0, 0.1) is 0 Å². The van der Waals surface area contributed by atoms with E-state index in [9.17, 15) is 9.59 Å². The minimum atomic E-state index is -0.168. The molecular formula is C13H20N4O2. The molecule has 6 nitrogen and oxygen atoms in total. The summed E-state index contributed by atoms with van der Waals surface area (Å²) in [6, 6.07) is 0.259. The molecule has 0 radical (unpaired) electrons. The third-order valence-corrected chi connectivity index (χ3v) is 3.17. The number of rotatable bonds is 4. The summed E-state index contributed by atoms with van der Waals surface area (Å²) in [6.45, 7) is 4.85. The number of carbonyl (C=O) groups excluding carboxylic acids is 2. The number of anilines is 1. The van der Waals surface area contributed by atoms with Gasteiger partial charge in [-0.2, -0.15) is 5.10 Å². The molecule has 0 spiro atoms. The molecule has 1 aliphatic rings. The first-order chi connectivity index (χ1) is 9.06. The Morgan fingerprint density at radius 1 is 1.47 bits per heavy atom. The summed E-state index contributed by atoms with van der Waals surface area (Å²) in [5.74, 6) is -0.0992. The maximum absolute atomic E-state index is 11.9. The second-order valence-electron chi connectivity index (χ2n) is 5.12. The molecule has 1 saturated heterocycles. The Morgan fingerprint density at radius 2 is 2.26 bits per heavy atom. The van der Waals surface area contributed by atoms with E-state index in [2.05, 4.69) is 10.4 Å². The predicted octanol–water partition coefficient (Wildman–Crippen LogP) is 1.42. The second kappa shape index (κ2) is 5.86. The molecule has 19 heavy (non-hydrogen) atoms. The van der Waals surface area contributed by atoms with Crippen LogP contribution >= 0.6 is 0 Å². The summed E-state index contributed by atoms with van der Waals surface area (Å²) in [7, 11) is 0. The molecule has 0 unspecified atom stereocenters. The first-order valence-electron chi connectivity index (χ1n) is 6.68. The van der Waals surface area contributed by atoms with Gasteiger partial charge in [0.25, 0.3) is 0 Å². The highest BCUT2D eigenvalue weighted by atomic mass is 16.2. The van der Waals surface area contributed by atoms with Crippen LogP contribution in [-0.4, -0.2) is 39.6 Å². The van der Waals surface area contributed by atoms with Crippen molar-refractivity contribution in [2.75, 3.05) is 18.4 Å². The van der Waals surface area contributed by atoms with Gasteiger partial charge in [0.05, 0.1) is 18.4 Å². The van der Waals surface area contributed by atoms with Crippen LogP contribution in [-0.2, 0) is 9.59 Å². The Labute approximate surface area is 112 Å². The number of aromatic nitrogens is 2. The molecule has 1 fully saturated rings. The quantitative estimate of drug-likeness (QED) is 0.894. The zero-order chi connectivity index (χ0) is 13.8. The molecule has 1 aromatic heterocycles. The van der Waals surface area contributed by atoms with Crippen molar-refractivity contribution in [3.05, 3.63) is 12.4 Å². The topological polar surface area (TPSA) is 67.2 Å². The summed E-state index contributed by atoms with van der Waals surface area (Å²) >= 11 is 0. The first kappa shape index (κ1) is 13.6. The van der Waals surface area contributed by atoms with E-state index in [-0.39, 0.29) is 24.4 Å². The Balaban J connectivity index is 1.88. The van der Waals surface area contributed by atoms with Crippen molar-refractivity contribution < 1.29 is 9.59 Å². The fraction of sp³-hybridized carbons (Fsp3) is 0.615. The van der Waals surface area contributed by atoms with Gasteiger partial charge in [0, 0.05) is 25.2 Å². The van der Waals surface area contributed by atoms with Gasteiger partial charge in [-0.3, -0.25) is 14.3 Å². The highest BCUT2D eigenvalue weighted by Gasteiger charge is 2.20. The zero-order valence-electron chi connectivity index (χ0n) is 11.4. The SMILES string of the molecule is CC(C)n1cc(NC(=O)CN2CCCCC2=O)cn1. The van der Waals surface area contributed by atoms with Gasteiger partial charge in [-0.15, -0.1) is 0 Å². The van der Waals surface area contributed by atoms with Gasteiger partial charge in [-0.25, -0.2) is 0 Å². The van der Waals surface area contributed by atoms with Gasteiger partial charge >= 0.3 is 0 Å². The number of piperidine rings is 1. The standard InChI is InChI=1S/C13H20N4O2/c1-10(2)17-8-11(7-14-17)15-12(18)9-16-6-4-3-5-13(16)19/h7-8,10H,3-6,9H2,1-2H3,(H,15,18). The average molecular weight is 264 g/mol. The fourth-order valence-corrected chi connectivity index (χ4v) is 2.09. The van der Waals surface area contributed by atoms with Crippen molar-refractivity contribution in [2.24, 2.45) is 0 Å². The van der Waals surface area contributed by atoms with E-state index in [0.717, 1.165) is 12.8 Å². The molecule has 0 saturated carbocycles. The number of carbonyl (C=O) groups is 2. The van der Waals surface area contributed by atoms with Crippen molar-refractivity contribution in [2.45, 2.75) is 39.2 Å². The van der Waals surface area contributed by atoms with Crippen molar-refractivity contribution >= 4 is 17.5 Å². The summed E-state index contributed by atoms with van der Waals surface area (Å²) in [6.07, 6.45) is 5.87. The molecule has 104 valence electrons. The molecule has 1 aliphatic heterocycles. The van der Waals surface area contributed by atoms with Crippen LogP contribution in [0.4, 0.5) is 5.69 Å². The third-order valence-electron chi connectivity index (χ3n) is 3.17. The van der Waals surface area contributed by atoms with Crippen molar-refractivity contribution in [1.29, 1.82) is 0 Å². The van der Waals surface area contributed by atoms with Crippen LogP contribution in [0.2, 0.25) is 0 Å². The predicted molar refractivity (Wildman–Crippen MR) is 71.7 cm³/mol. The van der Waals surface area contributed by atoms with E-state index < -0.39 is 0 Å². The number of nitrogens with zero attached hydrogens (tertiary/aromatic N) is 3. The lowest BCUT2D eigenvalue weighted by Gasteiger charge is -2.25. The molecule has 0 aliphatic carbocycles. The Morgan fingerprint density at radius 3 is 2.89 bits per heavy atom. The summed E-state index contributed by atoms with van der Waals surface area (Å²) in [5.41, 5.74) is 0.670. The number of amides is 2. The summed E-state index contributed by atoms with van der Waals surface area (Å²) < 4.78 is 1.78. The maximum atomic E-state index is 11.9. The van der Waals surface area contributed by atoms with E-state index in [1.54, 1.807) is 22.0 Å². The van der Waals surface area contributed by atoms with Crippen LogP contribution < -0.4 is 5.32 Å². The van der Waals surface area contributed by atoms with Crippen molar-refractivity contribution in [1.82, 2.24) is 14.7 Å². The van der Waals surface area contributed by atoms with Crippen LogP contribution in [0.25, 0.3) is 0 Å². The van der Waals surface area contributed by atoms with Crippen LogP contribution in [0.1, 0.15) is 39.2 Å². The van der Waals surface area contributed by atoms with E-state index in [0.29, 0.717) is 18.7 Å². The van der Waals surface area contributed by atoms with Crippen molar-refractivity contribution in [3.63, 3.8) is 0 Å². The van der Waals surface area contributed by atoms with E-state index in [1.807, 2.05) is 13.8 Å². The average Bonchev–Trinajstić information content (AvgIpc) is 2.80. The fourth-order valence-electron chi connectivity index (χ4n) is 2.09. The molecule has 1 aromatic rings. The molecule has 0 atom stereocenters. The number of hydrogen-bond donors (Lipinski definition) is 1. The van der Waals surface area contributed by atoms with E-state index in [1.165, 1.54) is 0 Å². The first-order valence-corrected chi connectivity index (χ1v) is 6.68. The highest BCUT2D eigenvalue weighted by molar-refractivity contribution is 5.94. The Bertz CT molecular complexity index is 467. The minimum absolute atomic E-state index is 0.0688. The highest BCUT2D eigenvalue weighted by Crippen LogP contribution is 2.12. The second-order valence-corrected chi connectivity index (χ2v) is 5.12. The summed E-state index contributed by atoms with van der Waals surface area (Å²) in [4.78, 5) is 25.1. The molecule has 2 heterocycles. The van der Waals surface area contributed by atoms with Crippen LogP contribution in [0.15, 0.2) is 12.4 Å². The maximum Gasteiger partial charge on any atom is 0.244 e. The van der Waals surface area contributed by atoms with E-state index >= 15 is 0 Å². The van der Waals surface area contributed by atoms with Gasteiger partial charge in [0.15, 0.2) is 0 Å². The summed E-state index contributed by atoms with van der Waals surface area (Å²) in [5, 5.41) is 6.92. The monoisotopic (exact) mass is 264 g/mol. The number of likely N-dealkylation sites (tertiary alicyclic amines) is 1. The zero-order valence-corrected chi connectivity index (χ0v) is 11.4. The smallest absolute Gasteiger partial charge is 0.244 e. The molecule has 2 rings (SSSR count). The van der Waals surface area contributed by atoms with Gasteiger partial charge in [-0.1, -0.05) is 0 Å².